The van der Waals surface area contributed by atoms with Crippen LogP contribution in [0.2, 0.25) is 0 Å². The van der Waals surface area contributed by atoms with Crippen LogP contribution >= 0.6 is 0 Å². The van der Waals surface area contributed by atoms with Gasteiger partial charge in [-0.05, 0) is 30.2 Å². The van der Waals surface area contributed by atoms with Gasteiger partial charge in [-0.15, -0.1) is 0 Å². The maximum absolute atomic E-state index is 12.3. The van der Waals surface area contributed by atoms with Gasteiger partial charge in [0.15, 0.2) is 0 Å². The smallest absolute Gasteiger partial charge is 0.387 e. The van der Waals surface area contributed by atoms with Crippen molar-refractivity contribution in [3.05, 3.63) is 69.3 Å². The summed E-state index contributed by atoms with van der Waals surface area (Å²) in [6.45, 7) is -2.72. The molecule has 1 N–H and O–H groups in total. The molecule has 2 aromatic rings. The zero-order chi connectivity index (χ0) is 20.7. The van der Waals surface area contributed by atoms with E-state index in [-0.39, 0.29) is 23.4 Å². The molecule has 0 aliphatic rings. The molecule has 28 heavy (non-hydrogen) atoms. The predicted molar refractivity (Wildman–Crippen MR) is 93.5 cm³/mol. The highest BCUT2D eigenvalue weighted by atomic mass is 19.3. The summed E-state index contributed by atoms with van der Waals surface area (Å²) in [5.74, 6) is -1.38. The number of hydrogen-bond acceptors (Lipinski definition) is 6. The number of nitrogens with zero attached hydrogens (tertiary/aromatic N) is 1. The summed E-state index contributed by atoms with van der Waals surface area (Å²) >= 11 is 0. The van der Waals surface area contributed by atoms with E-state index in [1.807, 2.05) is 0 Å². The number of amides is 1. The van der Waals surface area contributed by atoms with Gasteiger partial charge >= 0.3 is 12.6 Å². The molecule has 2 aromatic carbocycles. The van der Waals surface area contributed by atoms with Crippen LogP contribution in [0, 0.1) is 10.1 Å². The number of carbonyl (C=O) groups is 2. The Balaban J connectivity index is 2.01. The number of benzene rings is 2. The summed E-state index contributed by atoms with van der Waals surface area (Å²) < 4.78 is 33.0. The second kappa shape index (κ2) is 9.40. The fraction of sp³-hybridized carbons (Fsp3) is 0.222. The number of nitro groups is 1. The first-order valence-corrected chi connectivity index (χ1v) is 8.00. The minimum atomic E-state index is -2.91. The molecular weight excluding hydrogens is 378 g/mol. The molecule has 0 atom stereocenters. The zero-order valence-corrected chi connectivity index (χ0v) is 14.7. The average molecular weight is 394 g/mol. The van der Waals surface area contributed by atoms with E-state index >= 15 is 0 Å². The lowest BCUT2D eigenvalue weighted by atomic mass is 10.1. The first kappa shape index (κ1) is 20.7. The normalized spacial score (nSPS) is 10.4. The molecule has 0 aliphatic heterocycles. The molecule has 0 radical (unpaired) electrons. The molecule has 0 spiro atoms. The number of hydrogen-bond donors (Lipinski definition) is 1. The Labute approximate surface area is 158 Å². The van der Waals surface area contributed by atoms with Gasteiger partial charge in [-0.1, -0.05) is 12.1 Å². The van der Waals surface area contributed by atoms with E-state index in [4.69, 9.17) is 0 Å². The largest absolute Gasteiger partial charge is 0.465 e. The first-order chi connectivity index (χ1) is 13.3. The van der Waals surface area contributed by atoms with Crippen molar-refractivity contribution in [3.63, 3.8) is 0 Å². The van der Waals surface area contributed by atoms with Gasteiger partial charge in [-0.3, -0.25) is 14.9 Å². The van der Waals surface area contributed by atoms with Gasteiger partial charge in [0, 0.05) is 24.2 Å². The molecule has 2 rings (SSSR count). The summed E-state index contributed by atoms with van der Waals surface area (Å²) in [4.78, 5) is 34.2. The van der Waals surface area contributed by atoms with Gasteiger partial charge in [0.2, 0.25) is 0 Å². The van der Waals surface area contributed by atoms with Gasteiger partial charge in [-0.25, -0.2) is 4.79 Å². The van der Waals surface area contributed by atoms with Crippen molar-refractivity contribution < 1.29 is 32.8 Å². The summed E-state index contributed by atoms with van der Waals surface area (Å²) in [7, 11) is 1.12. The van der Waals surface area contributed by atoms with E-state index < -0.39 is 29.1 Å². The number of halogens is 2. The second-order valence-electron chi connectivity index (χ2n) is 5.55. The number of rotatable bonds is 8. The van der Waals surface area contributed by atoms with Crippen LogP contribution in [0.1, 0.15) is 26.3 Å². The van der Waals surface area contributed by atoms with E-state index in [0.717, 1.165) is 24.8 Å². The number of non-ortho nitro benzene ring substituents is 1. The Morgan fingerprint density at radius 1 is 1.14 bits per heavy atom. The van der Waals surface area contributed by atoms with Crippen molar-refractivity contribution in [1.82, 2.24) is 5.32 Å². The Morgan fingerprint density at radius 3 is 2.36 bits per heavy atom. The molecule has 0 saturated heterocycles. The van der Waals surface area contributed by atoms with Gasteiger partial charge in [0.25, 0.3) is 11.6 Å². The SMILES string of the molecule is COC(=O)c1cc(C(=O)NCCc2ccc(OC(F)F)cc2)cc([N+](=O)[O-])c1. The van der Waals surface area contributed by atoms with Crippen LogP contribution < -0.4 is 10.1 Å². The number of esters is 1. The Bertz CT molecular complexity index is 871. The number of ether oxygens (including phenoxy) is 2. The molecule has 1 amide bonds. The zero-order valence-electron chi connectivity index (χ0n) is 14.7. The lowest BCUT2D eigenvalue weighted by molar-refractivity contribution is -0.384. The van der Waals surface area contributed by atoms with Crippen molar-refractivity contribution in [2.24, 2.45) is 0 Å². The number of nitrogens with one attached hydrogen (secondary N) is 1. The highest BCUT2D eigenvalue weighted by Crippen LogP contribution is 2.18. The third kappa shape index (κ3) is 5.73. The first-order valence-electron chi connectivity index (χ1n) is 8.00. The van der Waals surface area contributed by atoms with E-state index in [9.17, 15) is 28.5 Å². The fourth-order valence-corrected chi connectivity index (χ4v) is 2.34. The summed E-state index contributed by atoms with van der Waals surface area (Å²) in [5, 5.41) is 13.6. The minimum Gasteiger partial charge on any atom is -0.465 e. The average Bonchev–Trinajstić information content (AvgIpc) is 2.67. The Morgan fingerprint density at radius 2 is 1.79 bits per heavy atom. The number of methoxy groups -OCH3 is 1. The van der Waals surface area contributed by atoms with Crippen LogP contribution in [0.3, 0.4) is 0 Å². The Kier molecular flexibility index (Phi) is 6.96. The minimum absolute atomic E-state index is 0.0229. The fourth-order valence-electron chi connectivity index (χ4n) is 2.34. The lowest BCUT2D eigenvalue weighted by Gasteiger charge is -2.08. The quantitative estimate of drug-likeness (QED) is 0.419. The third-order valence-corrected chi connectivity index (χ3v) is 3.66. The highest BCUT2D eigenvalue weighted by Gasteiger charge is 2.18. The van der Waals surface area contributed by atoms with Crippen molar-refractivity contribution in [2.45, 2.75) is 13.0 Å². The summed E-state index contributed by atoms with van der Waals surface area (Å²) in [6.07, 6.45) is 0.388. The predicted octanol–water partition coefficient (Wildman–Crippen LogP) is 2.96. The van der Waals surface area contributed by atoms with Crippen molar-refractivity contribution in [3.8, 4) is 5.75 Å². The monoisotopic (exact) mass is 394 g/mol. The van der Waals surface area contributed by atoms with Crippen LogP contribution in [0.25, 0.3) is 0 Å². The Hall–Kier alpha value is -3.56. The molecule has 8 nitrogen and oxygen atoms in total. The third-order valence-electron chi connectivity index (χ3n) is 3.66. The van der Waals surface area contributed by atoms with Gasteiger partial charge < -0.3 is 14.8 Å². The van der Waals surface area contributed by atoms with Crippen LogP contribution in [0.5, 0.6) is 5.75 Å². The molecular formula is C18H16F2N2O6. The molecule has 0 aliphatic carbocycles. The van der Waals surface area contributed by atoms with Gasteiger partial charge in [0.1, 0.15) is 5.75 Å². The topological polar surface area (TPSA) is 108 Å². The molecule has 0 bridgehead atoms. The molecule has 0 fully saturated rings. The number of nitro benzene ring substituents is 1. The van der Waals surface area contributed by atoms with Crippen molar-refractivity contribution in [1.29, 1.82) is 0 Å². The molecule has 148 valence electrons. The molecule has 0 unspecified atom stereocenters. The summed E-state index contributed by atoms with van der Waals surface area (Å²) in [6, 6.07) is 9.19. The van der Waals surface area contributed by atoms with Crippen molar-refractivity contribution >= 4 is 17.6 Å². The van der Waals surface area contributed by atoms with E-state index in [0.29, 0.717) is 6.42 Å². The highest BCUT2D eigenvalue weighted by molar-refractivity contribution is 5.98. The number of alkyl halides is 2. The maximum Gasteiger partial charge on any atom is 0.387 e. The lowest BCUT2D eigenvalue weighted by Crippen LogP contribution is -2.26. The van der Waals surface area contributed by atoms with Crippen LogP contribution in [-0.4, -0.2) is 37.1 Å². The van der Waals surface area contributed by atoms with E-state index in [1.54, 1.807) is 12.1 Å². The van der Waals surface area contributed by atoms with Crippen LogP contribution in [0.4, 0.5) is 14.5 Å². The second-order valence-corrected chi connectivity index (χ2v) is 5.55. The standard InChI is InChI=1S/C18H16F2N2O6/c1-27-17(24)13-8-12(9-14(10-13)22(25)26)16(23)21-7-6-11-2-4-15(5-3-11)28-18(19)20/h2-5,8-10,18H,6-7H2,1H3,(H,21,23). The van der Waals surface area contributed by atoms with E-state index in [1.165, 1.54) is 18.2 Å². The van der Waals surface area contributed by atoms with E-state index in [2.05, 4.69) is 14.8 Å². The van der Waals surface area contributed by atoms with Gasteiger partial charge in [-0.2, -0.15) is 8.78 Å². The van der Waals surface area contributed by atoms with Crippen LogP contribution in [-0.2, 0) is 11.2 Å². The van der Waals surface area contributed by atoms with Crippen LogP contribution in [0.15, 0.2) is 42.5 Å². The van der Waals surface area contributed by atoms with Crippen molar-refractivity contribution in [2.75, 3.05) is 13.7 Å². The molecule has 0 heterocycles. The van der Waals surface area contributed by atoms with Gasteiger partial charge in [0.05, 0.1) is 17.6 Å². The molecule has 0 aromatic heterocycles. The maximum atomic E-state index is 12.3. The summed E-state index contributed by atoms with van der Waals surface area (Å²) in [5.41, 5.74) is 0.172. The molecule has 10 heteroatoms. The molecule has 0 saturated carbocycles. The number of carbonyl (C=O) groups excluding carboxylic acids is 2.